The van der Waals surface area contributed by atoms with Crippen LogP contribution in [-0.2, 0) is 0 Å². The van der Waals surface area contributed by atoms with E-state index in [-0.39, 0.29) is 11.6 Å². The van der Waals surface area contributed by atoms with Crippen molar-refractivity contribution in [1.82, 2.24) is 9.55 Å². The van der Waals surface area contributed by atoms with Gasteiger partial charge >= 0.3 is 0 Å². The van der Waals surface area contributed by atoms with E-state index in [1.165, 1.54) is 30.5 Å². The average molecular weight is 468 g/mol. The van der Waals surface area contributed by atoms with Crippen LogP contribution in [0.4, 0.5) is 15.8 Å². The molecule has 2 N–H and O–H groups in total. The van der Waals surface area contributed by atoms with E-state index in [1.54, 1.807) is 19.1 Å². The van der Waals surface area contributed by atoms with Crippen molar-refractivity contribution in [3.8, 4) is 5.69 Å². The van der Waals surface area contributed by atoms with Gasteiger partial charge in [-0.3, -0.25) is 14.2 Å². The van der Waals surface area contributed by atoms with Gasteiger partial charge in [-0.15, -0.1) is 0 Å². The van der Waals surface area contributed by atoms with Crippen molar-refractivity contribution in [2.45, 2.75) is 13.8 Å². The molecule has 0 aliphatic heterocycles. The molecule has 0 unspecified atom stereocenters. The molecule has 0 bridgehead atoms. The topological polar surface area (TPSA) is 89.2 Å². The Morgan fingerprint density at radius 1 is 0.914 bits per heavy atom. The van der Waals surface area contributed by atoms with Crippen molar-refractivity contribution in [2.24, 2.45) is 0 Å². The minimum absolute atomic E-state index is 0.0546. The Balaban J connectivity index is 1.38. The largest absolute Gasteiger partial charge is 0.469 e. The van der Waals surface area contributed by atoms with Crippen LogP contribution in [0, 0.1) is 19.7 Å². The van der Waals surface area contributed by atoms with Crippen LogP contribution in [-0.4, -0.2) is 21.4 Å². The van der Waals surface area contributed by atoms with Crippen molar-refractivity contribution in [2.75, 3.05) is 10.6 Å². The molecule has 0 radical (unpaired) electrons. The zero-order valence-corrected chi connectivity index (χ0v) is 19.0. The number of hydrogen-bond acceptors (Lipinski definition) is 4. The van der Waals surface area contributed by atoms with Crippen molar-refractivity contribution >= 4 is 34.2 Å². The zero-order chi connectivity index (χ0) is 24.5. The third kappa shape index (κ3) is 4.29. The number of hydrogen-bond donors (Lipinski definition) is 2. The quantitative estimate of drug-likeness (QED) is 0.337. The minimum atomic E-state index is -0.624. The van der Waals surface area contributed by atoms with E-state index in [0.717, 1.165) is 17.0 Å². The third-order valence-corrected chi connectivity index (χ3v) is 5.67. The zero-order valence-electron chi connectivity index (χ0n) is 19.0. The summed E-state index contributed by atoms with van der Waals surface area (Å²) >= 11 is 0. The van der Waals surface area contributed by atoms with Crippen LogP contribution in [0.15, 0.2) is 83.5 Å². The second-order valence-corrected chi connectivity index (χ2v) is 8.03. The molecule has 0 fully saturated rings. The molecule has 3 aromatic carbocycles. The Labute approximate surface area is 200 Å². The molecule has 7 nitrogen and oxygen atoms in total. The Morgan fingerprint density at radius 2 is 1.71 bits per heavy atom. The highest BCUT2D eigenvalue weighted by Gasteiger charge is 2.16. The number of carbonyl (C=O) groups is 2. The number of fused-ring (bicyclic) bond motifs is 1. The van der Waals surface area contributed by atoms with E-state index in [1.807, 2.05) is 47.9 Å². The summed E-state index contributed by atoms with van der Waals surface area (Å²) in [7, 11) is 0. The predicted octanol–water partition coefficient (Wildman–Crippen LogP) is 5.88. The van der Waals surface area contributed by atoms with Gasteiger partial charge in [-0.25, -0.2) is 9.37 Å². The number of nitrogens with zero attached hydrogens (tertiary/aromatic N) is 2. The highest BCUT2D eigenvalue weighted by molar-refractivity contribution is 6.07. The number of aryl methyl sites for hydroxylation is 2. The maximum absolute atomic E-state index is 14.3. The van der Waals surface area contributed by atoms with Gasteiger partial charge in [0.15, 0.2) is 0 Å². The van der Waals surface area contributed by atoms with Crippen molar-refractivity contribution in [1.29, 1.82) is 0 Å². The van der Waals surface area contributed by atoms with E-state index in [2.05, 4.69) is 15.6 Å². The van der Waals surface area contributed by atoms with Crippen LogP contribution in [0.1, 0.15) is 32.3 Å². The van der Waals surface area contributed by atoms with Crippen molar-refractivity contribution in [3.05, 3.63) is 108 Å². The summed E-state index contributed by atoms with van der Waals surface area (Å²) in [4.78, 5) is 30.0. The molecule has 174 valence electrons. The first-order chi connectivity index (χ1) is 16.9. The summed E-state index contributed by atoms with van der Waals surface area (Å²) in [6, 6.07) is 20.6. The average Bonchev–Trinajstić information content (AvgIpc) is 3.43. The molecular formula is C27H21FN4O3. The third-order valence-electron chi connectivity index (χ3n) is 5.67. The van der Waals surface area contributed by atoms with Crippen LogP contribution < -0.4 is 10.6 Å². The SMILES string of the molecule is Cc1occc1C(=O)Nc1cc(NC(=O)c2ccc3c(c2)nc(C)n3-c2ccccc2)ccc1F. The standard InChI is InChI=1S/C27H21FN4O3/c1-16-21(12-13-35-16)27(34)31-23-15-19(9-10-22(23)28)30-26(33)18-8-11-25-24(14-18)29-17(2)32(25)20-6-4-3-5-7-20/h3-15H,1-2H3,(H,30,33)(H,31,34). The molecule has 0 aliphatic rings. The van der Waals surface area contributed by atoms with Crippen molar-refractivity contribution < 1.29 is 18.4 Å². The van der Waals surface area contributed by atoms with Crippen LogP contribution in [0.2, 0.25) is 0 Å². The molecule has 2 heterocycles. The fourth-order valence-electron chi connectivity index (χ4n) is 3.96. The van der Waals surface area contributed by atoms with Gasteiger partial charge in [-0.1, -0.05) is 18.2 Å². The second-order valence-electron chi connectivity index (χ2n) is 8.03. The molecule has 0 atom stereocenters. The number of halogens is 1. The van der Waals surface area contributed by atoms with Gasteiger partial charge in [0.1, 0.15) is 17.4 Å². The number of carbonyl (C=O) groups excluding carboxylic acids is 2. The van der Waals surface area contributed by atoms with Gasteiger partial charge in [-0.05, 0) is 68.4 Å². The van der Waals surface area contributed by atoms with Gasteiger partial charge in [0.25, 0.3) is 11.8 Å². The number of furan rings is 1. The maximum atomic E-state index is 14.3. The van der Waals surface area contributed by atoms with Crippen LogP contribution in [0.3, 0.4) is 0 Å². The maximum Gasteiger partial charge on any atom is 0.259 e. The molecular weight excluding hydrogens is 447 g/mol. The first-order valence-corrected chi connectivity index (χ1v) is 10.9. The van der Waals surface area contributed by atoms with Gasteiger partial charge in [0, 0.05) is 16.9 Å². The molecule has 0 saturated heterocycles. The number of amides is 2. The second kappa shape index (κ2) is 8.90. The van der Waals surface area contributed by atoms with Crippen LogP contribution in [0.5, 0.6) is 0 Å². The number of anilines is 2. The molecule has 0 aliphatic carbocycles. The number of benzene rings is 3. The molecule has 5 aromatic rings. The van der Waals surface area contributed by atoms with Crippen molar-refractivity contribution in [3.63, 3.8) is 0 Å². The van der Waals surface area contributed by atoms with E-state index in [4.69, 9.17) is 4.42 Å². The fraction of sp³-hybridized carbons (Fsp3) is 0.0741. The molecule has 0 spiro atoms. The van der Waals surface area contributed by atoms with Crippen LogP contribution in [0.25, 0.3) is 16.7 Å². The first-order valence-electron chi connectivity index (χ1n) is 10.9. The Hall–Kier alpha value is -4.72. The molecule has 5 rings (SSSR count). The summed E-state index contributed by atoms with van der Waals surface area (Å²) < 4.78 is 21.5. The van der Waals surface area contributed by atoms with Gasteiger partial charge < -0.3 is 15.1 Å². The Morgan fingerprint density at radius 3 is 2.46 bits per heavy atom. The van der Waals surface area contributed by atoms with Gasteiger partial charge in [-0.2, -0.15) is 0 Å². The molecule has 2 amide bonds. The monoisotopic (exact) mass is 468 g/mol. The number of para-hydroxylation sites is 1. The molecule has 0 saturated carbocycles. The summed E-state index contributed by atoms with van der Waals surface area (Å²) in [5, 5.41) is 5.27. The number of nitrogens with one attached hydrogen (secondary N) is 2. The Kier molecular flexibility index (Phi) is 5.62. The number of imidazole rings is 1. The molecule has 35 heavy (non-hydrogen) atoms. The smallest absolute Gasteiger partial charge is 0.259 e. The first kappa shape index (κ1) is 22.1. The summed E-state index contributed by atoms with van der Waals surface area (Å²) in [6.45, 7) is 3.55. The molecule has 8 heteroatoms. The Bertz CT molecular complexity index is 1570. The minimum Gasteiger partial charge on any atom is -0.469 e. The van der Waals surface area contributed by atoms with Gasteiger partial charge in [0.05, 0.1) is 28.5 Å². The van der Waals surface area contributed by atoms with E-state index >= 15 is 0 Å². The predicted molar refractivity (Wildman–Crippen MR) is 132 cm³/mol. The summed E-state index contributed by atoms with van der Waals surface area (Å²) in [5.41, 5.74) is 3.53. The highest BCUT2D eigenvalue weighted by atomic mass is 19.1. The summed E-state index contributed by atoms with van der Waals surface area (Å²) in [6.07, 6.45) is 1.39. The van der Waals surface area contributed by atoms with Gasteiger partial charge in [0.2, 0.25) is 0 Å². The lowest BCUT2D eigenvalue weighted by molar-refractivity contribution is 0.101. The highest BCUT2D eigenvalue weighted by Crippen LogP contribution is 2.24. The van der Waals surface area contributed by atoms with E-state index in [0.29, 0.717) is 28.1 Å². The normalized spacial score (nSPS) is 10.9. The lowest BCUT2D eigenvalue weighted by atomic mass is 10.1. The van der Waals surface area contributed by atoms with E-state index in [9.17, 15) is 14.0 Å². The lowest BCUT2D eigenvalue weighted by Crippen LogP contribution is -2.15. The van der Waals surface area contributed by atoms with Crippen LogP contribution >= 0.6 is 0 Å². The molecule has 2 aromatic heterocycles. The number of rotatable bonds is 5. The van der Waals surface area contributed by atoms with E-state index < -0.39 is 11.7 Å². The summed E-state index contributed by atoms with van der Waals surface area (Å²) in [5.74, 6) is -0.286. The number of aromatic nitrogens is 2. The lowest BCUT2D eigenvalue weighted by Gasteiger charge is -2.10. The fourth-order valence-corrected chi connectivity index (χ4v) is 3.96.